The number of aliphatic carboxylic acids is 1. The fourth-order valence-corrected chi connectivity index (χ4v) is 2.16. The lowest BCUT2D eigenvalue weighted by molar-refractivity contribution is -0.140. The lowest BCUT2D eigenvalue weighted by Crippen LogP contribution is -2.49. The van der Waals surface area contributed by atoms with Crippen molar-refractivity contribution in [2.24, 2.45) is 23.7 Å². The molecular weight excluding hydrogens is 244 g/mol. The Morgan fingerprint density at radius 1 is 0.947 bits per heavy atom. The molecule has 0 saturated carbocycles. The van der Waals surface area contributed by atoms with Crippen molar-refractivity contribution >= 4 is 12.0 Å². The van der Waals surface area contributed by atoms with Gasteiger partial charge in [-0.05, 0) is 23.7 Å². The molecule has 1 atom stereocenters. The topological polar surface area (TPSA) is 78.4 Å². The maximum atomic E-state index is 11.7. The van der Waals surface area contributed by atoms with Gasteiger partial charge in [-0.1, -0.05) is 41.5 Å². The molecule has 2 amide bonds. The van der Waals surface area contributed by atoms with Crippen molar-refractivity contribution in [3.05, 3.63) is 0 Å². The summed E-state index contributed by atoms with van der Waals surface area (Å²) in [6.07, 6.45) is 0. The summed E-state index contributed by atoms with van der Waals surface area (Å²) in [7, 11) is 0. The molecule has 19 heavy (non-hydrogen) atoms. The van der Waals surface area contributed by atoms with Crippen molar-refractivity contribution < 1.29 is 14.7 Å². The fraction of sp³-hybridized carbons (Fsp3) is 0.857. The average molecular weight is 272 g/mol. The zero-order valence-electron chi connectivity index (χ0n) is 12.9. The molecule has 0 spiro atoms. The Balaban J connectivity index is 4.34. The van der Waals surface area contributed by atoms with E-state index in [1.807, 2.05) is 0 Å². The van der Waals surface area contributed by atoms with E-state index in [0.29, 0.717) is 24.3 Å². The van der Waals surface area contributed by atoms with Gasteiger partial charge in [0.05, 0.1) is 0 Å². The second-order valence-electron chi connectivity index (χ2n) is 6.07. The highest BCUT2D eigenvalue weighted by atomic mass is 16.4. The van der Waals surface area contributed by atoms with Crippen molar-refractivity contribution in [3.8, 4) is 0 Å². The van der Waals surface area contributed by atoms with Crippen LogP contribution in [0, 0.1) is 23.7 Å². The Bertz CT molecular complexity index is 293. The van der Waals surface area contributed by atoms with E-state index in [4.69, 9.17) is 5.11 Å². The number of urea groups is 1. The van der Waals surface area contributed by atoms with Crippen LogP contribution in [0.1, 0.15) is 41.5 Å². The first kappa shape index (κ1) is 17.7. The SMILES string of the molecule is CC(C)C(CNC(=O)N[C@H](C(=O)O)C(C)C)C(C)C. The van der Waals surface area contributed by atoms with Gasteiger partial charge in [-0.15, -0.1) is 0 Å². The number of carboxylic acids is 1. The van der Waals surface area contributed by atoms with Gasteiger partial charge < -0.3 is 15.7 Å². The smallest absolute Gasteiger partial charge is 0.326 e. The minimum atomic E-state index is -1.01. The van der Waals surface area contributed by atoms with E-state index < -0.39 is 18.0 Å². The summed E-state index contributed by atoms with van der Waals surface area (Å²) in [5.41, 5.74) is 0. The lowest BCUT2D eigenvalue weighted by Gasteiger charge is -2.26. The first-order valence-corrected chi connectivity index (χ1v) is 6.94. The molecule has 0 aromatic heterocycles. The van der Waals surface area contributed by atoms with Crippen LogP contribution < -0.4 is 10.6 Å². The largest absolute Gasteiger partial charge is 0.480 e. The second-order valence-corrected chi connectivity index (χ2v) is 6.07. The number of carbonyl (C=O) groups excluding carboxylic acids is 1. The summed E-state index contributed by atoms with van der Waals surface area (Å²) in [5.74, 6) is 0.179. The molecule has 0 aliphatic rings. The van der Waals surface area contributed by atoms with E-state index in [-0.39, 0.29) is 5.92 Å². The van der Waals surface area contributed by atoms with Gasteiger partial charge in [0, 0.05) is 6.54 Å². The monoisotopic (exact) mass is 272 g/mol. The van der Waals surface area contributed by atoms with Crippen LogP contribution in [0.2, 0.25) is 0 Å². The number of amides is 2. The Morgan fingerprint density at radius 3 is 1.74 bits per heavy atom. The molecule has 0 saturated heterocycles. The molecule has 0 aliphatic heterocycles. The molecular formula is C14H28N2O3. The summed E-state index contributed by atoms with van der Waals surface area (Å²) >= 11 is 0. The van der Waals surface area contributed by atoms with Gasteiger partial charge in [-0.3, -0.25) is 0 Å². The second kappa shape index (κ2) is 8.02. The molecule has 0 bridgehead atoms. The van der Waals surface area contributed by atoms with E-state index in [1.165, 1.54) is 0 Å². The van der Waals surface area contributed by atoms with Gasteiger partial charge in [0.2, 0.25) is 0 Å². The third-order valence-corrected chi connectivity index (χ3v) is 3.43. The first-order chi connectivity index (χ1) is 8.66. The van der Waals surface area contributed by atoms with Crippen LogP contribution in [-0.2, 0) is 4.79 Å². The number of rotatable bonds is 7. The number of nitrogens with one attached hydrogen (secondary N) is 2. The van der Waals surface area contributed by atoms with Crippen molar-refractivity contribution in [1.29, 1.82) is 0 Å². The van der Waals surface area contributed by atoms with Crippen LogP contribution >= 0.6 is 0 Å². The molecule has 0 unspecified atom stereocenters. The maximum Gasteiger partial charge on any atom is 0.326 e. The number of hydrogen-bond acceptors (Lipinski definition) is 2. The molecule has 5 nitrogen and oxygen atoms in total. The van der Waals surface area contributed by atoms with Gasteiger partial charge in [0.15, 0.2) is 0 Å². The summed E-state index contributed by atoms with van der Waals surface area (Å²) in [4.78, 5) is 22.7. The summed E-state index contributed by atoms with van der Waals surface area (Å²) in [6, 6.07) is -1.26. The Labute approximate surface area is 116 Å². The van der Waals surface area contributed by atoms with Crippen LogP contribution in [-0.4, -0.2) is 29.7 Å². The molecule has 5 heteroatoms. The number of carbonyl (C=O) groups is 2. The molecule has 0 aromatic rings. The van der Waals surface area contributed by atoms with Gasteiger partial charge >= 0.3 is 12.0 Å². The Kier molecular flexibility index (Phi) is 7.49. The zero-order valence-corrected chi connectivity index (χ0v) is 12.9. The van der Waals surface area contributed by atoms with E-state index in [2.05, 4.69) is 38.3 Å². The van der Waals surface area contributed by atoms with Crippen molar-refractivity contribution in [2.45, 2.75) is 47.6 Å². The van der Waals surface area contributed by atoms with Crippen LogP contribution in [0.15, 0.2) is 0 Å². The van der Waals surface area contributed by atoms with Gasteiger partial charge in [0.1, 0.15) is 6.04 Å². The summed E-state index contributed by atoms with van der Waals surface area (Å²) < 4.78 is 0. The predicted molar refractivity (Wildman–Crippen MR) is 76.0 cm³/mol. The molecule has 0 radical (unpaired) electrons. The molecule has 0 heterocycles. The number of hydrogen-bond donors (Lipinski definition) is 3. The van der Waals surface area contributed by atoms with Crippen molar-refractivity contribution in [2.75, 3.05) is 6.54 Å². The maximum absolute atomic E-state index is 11.7. The molecule has 0 aliphatic carbocycles. The van der Waals surface area contributed by atoms with E-state index in [1.54, 1.807) is 13.8 Å². The van der Waals surface area contributed by atoms with E-state index in [9.17, 15) is 9.59 Å². The highest BCUT2D eigenvalue weighted by molar-refractivity contribution is 5.82. The molecule has 0 aromatic carbocycles. The fourth-order valence-electron chi connectivity index (χ4n) is 2.16. The van der Waals surface area contributed by atoms with Gasteiger partial charge in [0.25, 0.3) is 0 Å². The van der Waals surface area contributed by atoms with Crippen LogP contribution in [0.5, 0.6) is 0 Å². The third kappa shape index (κ3) is 6.45. The van der Waals surface area contributed by atoms with Crippen LogP contribution in [0.4, 0.5) is 4.79 Å². The minimum absolute atomic E-state index is 0.144. The predicted octanol–water partition coefficient (Wildman–Crippen LogP) is 2.32. The van der Waals surface area contributed by atoms with Crippen LogP contribution in [0.25, 0.3) is 0 Å². The summed E-state index contributed by atoms with van der Waals surface area (Å²) in [5, 5.41) is 14.3. The van der Waals surface area contributed by atoms with Gasteiger partial charge in [-0.25, -0.2) is 9.59 Å². The standard InChI is InChI=1S/C14H28N2O3/c1-8(2)11(9(3)4)7-15-14(19)16-12(10(5)6)13(17)18/h8-12H,7H2,1-6H3,(H,17,18)(H2,15,16,19)/t12-/m0/s1. The number of carboxylic acid groups (broad SMARTS) is 1. The molecule has 0 rings (SSSR count). The van der Waals surface area contributed by atoms with E-state index in [0.717, 1.165) is 0 Å². The molecule has 0 fully saturated rings. The van der Waals surface area contributed by atoms with E-state index >= 15 is 0 Å². The zero-order chi connectivity index (χ0) is 15.2. The molecule has 3 N–H and O–H groups in total. The molecule has 112 valence electrons. The highest BCUT2D eigenvalue weighted by Gasteiger charge is 2.24. The lowest BCUT2D eigenvalue weighted by atomic mass is 9.85. The normalized spacial score (nSPS) is 13.2. The van der Waals surface area contributed by atoms with Crippen molar-refractivity contribution in [1.82, 2.24) is 10.6 Å². The van der Waals surface area contributed by atoms with Crippen LogP contribution in [0.3, 0.4) is 0 Å². The Morgan fingerprint density at radius 2 is 1.42 bits per heavy atom. The quantitative estimate of drug-likeness (QED) is 0.665. The summed E-state index contributed by atoms with van der Waals surface area (Å²) in [6.45, 7) is 12.6. The minimum Gasteiger partial charge on any atom is -0.480 e. The van der Waals surface area contributed by atoms with Crippen molar-refractivity contribution in [3.63, 3.8) is 0 Å². The average Bonchev–Trinajstić information content (AvgIpc) is 2.24. The third-order valence-electron chi connectivity index (χ3n) is 3.43. The van der Waals surface area contributed by atoms with Gasteiger partial charge in [-0.2, -0.15) is 0 Å². The first-order valence-electron chi connectivity index (χ1n) is 6.94. The Hall–Kier alpha value is -1.26. The highest BCUT2D eigenvalue weighted by Crippen LogP contribution is 2.19.